The second-order valence-electron chi connectivity index (χ2n) is 7.62. The van der Waals surface area contributed by atoms with Crippen LogP contribution in [0.25, 0.3) is 0 Å². The molecule has 0 saturated carbocycles. The van der Waals surface area contributed by atoms with Crippen molar-refractivity contribution in [2.45, 2.75) is 50.1 Å². The number of ether oxygens (including phenoxy) is 1. The number of carboxylic acid groups (broad SMARTS) is 1. The topological polar surface area (TPSA) is 125 Å². The van der Waals surface area contributed by atoms with Gasteiger partial charge in [0.1, 0.15) is 17.8 Å². The average molecular weight is 475 g/mol. The Labute approximate surface area is 198 Å². The molecule has 0 aliphatic heterocycles. The number of phenolic OH excluding ortho intramolecular Hbond substituents is 1. The highest BCUT2D eigenvalue weighted by molar-refractivity contribution is 7.81. The number of nitrogens with one attached hydrogen (secondary N) is 2. The number of thiol groups is 1. The van der Waals surface area contributed by atoms with Gasteiger partial charge in [-0.15, -0.1) is 0 Å². The highest BCUT2D eigenvalue weighted by Crippen LogP contribution is 2.13. The first kappa shape index (κ1) is 26.2. The molecule has 2 aromatic carbocycles. The number of hydrogen-bond acceptors (Lipinski definition) is 6. The normalized spacial score (nSPS) is 14.5. The van der Waals surface area contributed by atoms with E-state index in [1.807, 2.05) is 30.3 Å². The molecule has 2 amide bonds. The molecule has 4 N–H and O–H groups in total. The minimum absolute atomic E-state index is 0.00817. The van der Waals surface area contributed by atoms with Gasteiger partial charge in [-0.25, -0.2) is 4.79 Å². The summed E-state index contributed by atoms with van der Waals surface area (Å²) in [6.45, 7) is 3.70. The van der Waals surface area contributed by atoms with Gasteiger partial charge in [0.15, 0.2) is 0 Å². The first-order valence-electron chi connectivity index (χ1n) is 10.7. The van der Waals surface area contributed by atoms with Crippen LogP contribution in [0.3, 0.4) is 0 Å². The second-order valence-corrected chi connectivity index (χ2v) is 8.25. The van der Waals surface area contributed by atoms with Crippen LogP contribution in [-0.4, -0.2) is 58.0 Å². The lowest BCUT2D eigenvalue weighted by molar-refractivity contribution is -0.143. The SMILES string of the molecule is CCO[C@H](C)[C@H](NC(=O)[C@@H](S)Cc1ccccc1)C(=O)N[C@@H](Cc1ccc(O)cc1)C(=O)O. The number of aromatic hydroxyl groups is 1. The van der Waals surface area contributed by atoms with Crippen molar-refractivity contribution < 1.29 is 29.3 Å². The average Bonchev–Trinajstić information content (AvgIpc) is 2.78. The van der Waals surface area contributed by atoms with Crippen molar-refractivity contribution in [1.82, 2.24) is 10.6 Å². The molecule has 178 valence electrons. The fraction of sp³-hybridized carbons (Fsp3) is 0.375. The Morgan fingerprint density at radius 1 is 0.939 bits per heavy atom. The van der Waals surface area contributed by atoms with E-state index in [9.17, 15) is 24.6 Å². The lowest BCUT2D eigenvalue weighted by Crippen LogP contribution is -2.57. The lowest BCUT2D eigenvalue weighted by Gasteiger charge is -2.27. The minimum Gasteiger partial charge on any atom is -0.508 e. The van der Waals surface area contributed by atoms with Gasteiger partial charge in [0.25, 0.3) is 0 Å². The number of carboxylic acids is 1. The van der Waals surface area contributed by atoms with Crippen LogP contribution in [0.15, 0.2) is 54.6 Å². The summed E-state index contributed by atoms with van der Waals surface area (Å²) in [6.07, 6.45) is -0.320. The summed E-state index contributed by atoms with van der Waals surface area (Å²) in [5.41, 5.74) is 1.54. The van der Waals surface area contributed by atoms with Crippen molar-refractivity contribution in [2.24, 2.45) is 0 Å². The summed E-state index contributed by atoms with van der Waals surface area (Å²) >= 11 is 4.38. The van der Waals surface area contributed by atoms with Gasteiger partial charge in [-0.05, 0) is 43.5 Å². The lowest BCUT2D eigenvalue weighted by atomic mass is 10.0. The molecule has 0 unspecified atom stereocenters. The number of aliphatic carboxylic acids is 1. The van der Waals surface area contributed by atoms with Gasteiger partial charge in [-0.1, -0.05) is 42.5 Å². The van der Waals surface area contributed by atoms with E-state index in [4.69, 9.17) is 4.74 Å². The summed E-state index contributed by atoms with van der Waals surface area (Å²) in [5.74, 6) is -2.29. The number of phenols is 1. The van der Waals surface area contributed by atoms with Gasteiger partial charge >= 0.3 is 5.97 Å². The second kappa shape index (κ2) is 12.9. The monoisotopic (exact) mass is 474 g/mol. The Morgan fingerprint density at radius 2 is 1.55 bits per heavy atom. The number of benzene rings is 2. The van der Waals surface area contributed by atoms with Crippen molar-refractivity contribution in [2.75, 3.05) is 6.61 Å². The molecule has 4 atom stereocenters. The maximum Gasteiger partial charge on any atom is 0.326 e. The van der Waals surface area contributed by atoms with Gasteiger partial charge in [0.05, 0.1) is 11.4 Å². The van der Waals surface area contributed by atoms with Gasteiger partial charge in [0, 0.05) is 13.0 Å². The molecule has 0 aliphatic carbocycles. The molecule has 0 spiro atoms. The molecule has 0 aliphatic rings. The van der Waals surface area contributed by atoms with Crippen molar-refractivity contribution in [3.8, 4) is 5.75 Å². The largest absolute Gasteiger partial charge is 0.508 e. The Morgan fingerprint density at radius 3 is 2.12 bits per heavy atom. The molecular formula is C24H30N2O6S. The van der Waals surface area contributed by atoms with Crippen LogP contribution in [0.5, 0.6) is 5.75 Å². The molecule has 2 rings (SSSR count). The van der Waals surface area contributed by atoms with Crippen LogP contribution in [0.2, 0.25) is 0 Å². The number of rotatable bonds is 12. The van der Waals surface area contributed by atoms with Crippen LogP contribution in [-0.2, 0) is 32.0 Å². The van der Waals surface area contributed by atoms with Gasteiger partial charge in [0.2, 0.25) is 11.8 Å². The summed E-state index contributed by atoms with van der Waals surface area (Å²) in [7, 11) is 0. The molecule has 0 fully saturated rings. The third-order valence-corrected chi connectivity index (χ3v) is 5.46. The fourth-order valence-corrected chi connectivity index (χ4v) is 3.55. The van der Waals surface area contributed by atoms with Crippen LogP contribution >= 0.6 is 12.6 Å². The Balaban J connectivity index is 2.10. The molecule has 9 heteroatoms. The van der Waals surface area contributed by atoms with E-state index in [1.165, 1.54) is 12.1 Å². The first-order valence-corrected chi connectivity index (χ1v) is 11.2. The van der Waals surface area contributed by atoms with E-state index in [1.54, 1.807) is 26.0 Å². The van der Waals surface area contributed by atoms with Gasteiger partial charge < -0.3 is 25.6 Å². The van der Waals surface area contributed by atoms with Crippen molar-refractivity contribution in [3.05, 3.63) is 65.7 Å². The smallest absolute Gasteiger partial charge is 0.326 e. The number of carbonyl (C=O) groups excluding carboxylic acids is 2. The van der Waals surface area contributed by atoms with Crippen LogP contribution < -0.4 is 10.6 Å². The maximum absolute atomic E-state index is 13.0. The zero-order chi connectivity index (χ0) is 24.4. The van der Waals surface area contributed by atoms with Crippen LogP contribution in [0.4, 0.5) is 0 Å². The molecular weight excluding hydrogens is 444 g/mol. The third-order valence-electron chi connectivity index (χ3n) is 5.04. The van der Waals surface area contributed by atoms with E-state index in [0.717, 1.165) is 5.56 Å². The van der Waals surface area contributed by atoms with E-state index in [-0.39, 0.29) is 12.2 Å². The van der Waals surface area contributed by atoms with E-state index in [0.29, 0.717) is 18.6 Å². The number of amides is 2. The number of hydrogen-bond donors (Lipinski definition) is 5. The molecule has 0 bridgehead atoms. The van der Waals surface area contributed by atoms with Gasteiger partial charge in [-0.3, -0.25) is 9.59 Å². The van der Waals surface area contributed by atoms with E-state index >= 15 is 0 Å². The fourth-order valence-electron chi connectivity index (χ4n) is 3.26. The van der Waals surface area contributed by atoms with Crippen molar-refractivity contribution in [1.29, 1.82) is 0 Å². The molecule has 0 saturated heterocycles. The molecule has 8 nitrogen and oxygen atoms in total. The predicted molar refractivity (Wildman–Crippen MR) is 127 cm³/mol. The van der Waals surface area contributed by atoms with Gasteiger partial charge in [-0.2, -0.15) is 12.6 Å². The maximum atomic E-state index is 13.0. The third kappa shape index (κ3) is 8.43. The Kier molecular flexibility index (Phi) is 10.2. The summed E-state index contributed by atoms with van der Waals surface area (Å²) in [5, 5.41) is 23.5. The van der Waals surface area contributed by atoms with Crippen LogP contribution in [0.1, 0.15) is 25.0 Å². The highest BCUT2D eigenvalue weighted by atomic mass is 32.1. The summed E-state index contributed by atoms with van der Waals surface area (Å²) in [6, 6.07) is 13.1. The first-order chi connectivity index (χ1) is 15.7. The molecule has 0 heterocycles. The Bertz CT molecular complexity index is 922. The number of carbonyl (C=O) groups is 3. The standard InChI is InChI=1S/C24H30N2O6S/c1-3-32-15(2)21(26-22(28)20(33)14-16-7-5-4-6-8-16)23(29)25-19(24(30)31)13-17-9-11-18(27)12-10-17/h4-12,15,19-21,27,33H,3,13-14H2,1-2H3,(H,25,29)(H,26,28)(H,30,31)/t15-,19+,20+,21+/m1/s1. The summed E-state index contributed by atoms with van der Waals surface area (Å²) in [4.78, 5) is 37.5. The van der Waals surface area contributed by atoms with Crippen molar-refractivity contribution >= 4 is 30.4 Å². The summed E-state index contributed by atoms with van der Waals surface area (Å²) < 4.78 is 5.52. The molecule has 0 radical (unpaired) electrons. The molecule has 2 aromatic rings. The highest BCUT2D eigenvalue weighted by Gasteiger charge is 2.32. The van der Waals surface area contributed by atoms with E-state index < -0.39 is 41.2 Å². The zero-order valence-electron chi connectivity index (χ0n) is 18.6. The minimum atomic E-state index is -1.23. The quantitative estimate of drug-likeness (QED) is 0.300. The molecule has 0 aromatic heterocycles. The Hall–Kier alpha value is -3.04. The van der Waals surface area contributed by atoms with E-state index in [2.05, 4.69) is 23.3 Å². The van der Waals surface area contributed by atoms with Crippen molar-refractivity contribution in [3.63, 3.8) is 0 Å². The van der Waals surface area contributed by atoms with Crippen LogP contribution in [0, 0.1) is 0 Å². The molecule has 33 heavy (non-hydrogen) atoms. The zero-order valence-corrected chi connectivity index (χ0v) is 19.5. The predicted octanol–water partition coefficient (Wildman–Crippen LogP) is 1.96.